The van der Waals surface area contributed by atoms with Gasteiger partial charge in [0.2, 0.25) is 0 Å². The van der Waals surface area contributed by atoms with Crippen LogP contribution in [0.4, 0.5) is 0 Å². The number of ether oxygens (including phenoxy) is 2. The average Bonchev–Trinajstić information content (AvgIpc) is 3.06. The second-order valence-corrected chi connectivity index (χ2v) is 13.0. The van der Waals surface area contributed by atoms with Crippen molar-refractivity contribution in [1.82, 2.24) is 0 Å². The monoisotopic (exact) mass is 665 g/mol. The molecule has 4 rings (SSSR count). The molecule has 0 spiro atoms. The number of benzene rings is 4. The number of esters is 2. The average molecular weight is 666 g/mol. The number of hydrogen-bond donors (Lipinski definition) is 1. The van der Waals surface area contributed by atoms with Crippen molar-refractivity contribution in [1.29, 1.82) is 0 Å². The maximum atomic E-state index is 12.2. The Kier molecular flexibility index (Phi) is 17.2. The second-order valence-electron chi connectivity index (χ2n) is 13.0. The first kappa shape index (κ1) is 40.6. The van der Waals surface area contributed by atoms with Gasteiger partial charge in [0.15, 0.2) is 0 Å². The molecule has 262 valence electrons. The summed E-state index contributed by atoms with van der Waals surface area (Å²) < 4.78 is 10.4. The molecule has 2 N–H and O–H groups in total. The van der Waals surface area contributed by atoms with Crippen LogP contribution in [0, 0.1) is 11.8 Å². The van der Waals surface area contributed by atoms with Crippen LogP contribution in [0.2, 0.25) is 0 Å². The largest absolute Gasteiger partial charge is 0.463 e. The van der Waals surface area contributed by atoms with Gasteiger partial charge in [0.1, 0.15) is 5.78 Å². The summed E-state index contributed by atoms with van der Waals surface area (Å²) >= 11 is 0. The van der Waals surface area contributed by atoms with Crippen LogP contribution >= 0.6 is 0 Å². The lowest BCUT2D eigenvalue weighted by Gasteiger charge is -2.18. The molecule has 0 radical (unpaired) electrons. The molecule has 0 aromatic heterocycles. The summed E-state index contributed by atoms with van der Waals surface area (Å²) in [7, 11) is 0. The summed E-state index contributed by atoms with van der Waals surface area (Å²) in [4.78, 5) is 35.8. The zero-order chi connectivity index (χ0) is 35.1. The standard InChI is InChI=1S/C21H27NO2.C21H24O3.CH4/c2*1-15(2)24-21(23)16(3)13-20(22)14-17-9-11-19(12-10-17)18-7-5-4-6-8-18;/h4-12,15-16,20H,13-14,22H2,1-3H3;4-12,15-16H,13-14H2,1-3H3;1H4/t16-,20+;16-;/m11./s1. The van der Waals surface area contributed by atoms with Gasteiger partial charge in [-0.15, -0.1) is 0 Å². The van der Waals surface area contributed by atoms with Crippen LogP contribution in [0.15, 0.2) is 109 Å². The molecule has 6 heteroatoms. The van der Waals surface area contributed by atoms with E-state index in [2.05, 4.69) is 48.5 Å². The second kappa shape index (κ2) is 20.7. The number of carbonyl (C=O) groups is 3. The molecule has 0 saturated heterocycles. The van der Waals surface area contributed by atoms with Crippen LogP contribution in [0.1, 0.15) is 72.9 Å². The van der Waals surface area contributed by atoms with Crippen LogP contribution in [0.3, 0.4) is 0 Å². The van der Waals surface area contributed by atoms with Gasteiger partial charge in [-0.3, -0.25) is 14.4 Å². The van der Waals surface area contributed by atoms with Gasteiger partial charge in [-0.2, -0.15) is 0 Å². The number of carbonyl (C=O) groups excluding carboxylic acids is 3. The topological polar surface area (TPSA) is 95.7 Å². The van der Waals surface area contributed by atoms with E-state index < -0.39 is 5.92 Å². The van der Waals surface area contributed by atoms with Gasteiger partial charge < -0.3 is 15.2 Å². The van der Waals surface area contributed by atoms with E-state index in [1.165, 1.54) is 16.7 Å². The normalized spacial score (nSPS) is 12.5. The lowest BCUT2D eigenvalue weighted by Crippen LogP contribution is -2.29. The fourth-order valence-electron chi connectivity index (χ4n) is 5.27. The van der Waals surface area contributed by atoms with E-state index in [9.17, 15) is 14.4 Å². The summed E-state index contributed by atoms with van der Waals surface area (Å²) in [6, 6.07) is 36.8. The van der Waals surface area contributed by atoms with Crippen molar-refractivity contribution in [3.05, 3.63) is 120 Å². The van der Waals surface area contributed by atoms with Gasteiger partial charge in [0.25, 0.3) is 0 Å². The highest BCUT2D eigenvalue weighted by Crippen LogP contribution is 2.22. The van der Waals surface area contributed by atoms with E-state index in [1.54, 1.807) is 20.8 Å². The van der Waals surface area contributed by atoms with Crippen LogP contribution < -0.4 is 5.73 Å². The number of ketones is 1. The van der Waals surface area contributed by atoms with E-state index in [1.807, 2.05) is 81.4 Å². The van der Waals surface area contributed by atoms with Gasteiger partial charge in [-0.1, -0.05) is 130 Å². The molecule has 0 aliphatic heterocycles. The van der Waals surface area contributed by atoms with Crippen LogP contribution in [0.5, 0.6) is 0 Å². The molecule has 0 fully saturated rings. The summed E-state index contributed by atoms with van der Waals surface area (Å²) in [5, 5.41) is 0. The lowest BCUT2D eigenvalue weighted by atomic mass is 9.95. The molecule has 0 saturated carbocycles. The van der Waals surface area contributed by atoms with E-state index in [0.717, 1.165) is 23.1 Å². The van der Waals surface area contributed by atoms with E-state index in [4.69, 9.17) is 15.2 Å². The smallest absolute Gasteiger partial charge is 0.309 e. The summed E-state index contributed by atoms with van der Waals surface area (Å²) in [6.45, 7) is 10.9. The Bertz CT molecular complexity index is 1550. The first-order valence-electron chi connectivity index (χ1n) is 16.9. The zero-order valence-electron chi connectivity index (χ0n) is 29.2. The highest BCUT2D eigenvalue weighted by molar-refractivity contribution is 5.86. The number of rotatable bonds is 14. The van der Waals surface area contributed by atoms with Crippen LogP contribution in [0.25, 0.3) is 22.3 Å². The van der Waals surface area contributed by atoms with Gasteiger partial charge in [0, 0.05) is 18.9 Å². The van der Waals surface area contributed by atoms with E-state index >= 15 is 0 Å². The van der Waals surface area contributed by atoms with Gasteiger partial charge in [-0.25, -0.2) is 0 Å². The minimum Gasteiger partial charge on any atom is -0.463 e. The Labute approximate surface area is 294 Å². The van der Waals surface area contributed by atoms with Crippen molar-refractivity contribution < 1.29 is 23.9 Å². The Morgan fingerprint density at radius 3 is 1.37 bits per heavy atom. The minimum absolute atomic E-state index is 0. The minimum atomic E-state index is -0.400. The van der Waals surface area contributed by atoms with Crippen molar-refractivity contribution in [2.45, 2.75) is 92.9 Å². The summed E-state index contributed by atoms with van der Waals surface area (Å²) in [6.07, 6.45) is 1.71. The Hall–Kier alpha value is -4.55. The third-order valence-electron chi connectivity index (χ3n) is 7.72. The third kappa shape index (κ3) is 14.6. The highest BCUT2D eigenvalue weighted by Gasteiger charge is 2.20. The zero-order valence-corrected chi connectivity index (χ0v) is 29.2. The van der Waals surface area contributed by atoms with Gasteiger partial charge >= 0.3 is 11.9 Å². The van der Waals surface area contributed by atoms with Crippen molar-refractivity contribution in [3.8, 4) is 22.3 Å². The SMILES string of the molecule is C.CC(C)OC(=O)[C@H](C)CC(=O)Cc1ccc(-c2ccccc2)cc1.CC(C)OC(=O)[C@H](C)C[C@H](N)Cc1ccc(-c2ccccc2)cc1. The highest BCUT2D eigenvalue weighted by atomic mass is 16.5. The maximum Gasteiger partial charge on any atom is 0.309 e. The van der Waals surface area contributed by atoms with Crippen LogP contribution in [-0.2, 0) is 36.7 Å². The summed E-state index contributed by atoms with van der Waals surface area (Å²) in [5.74, 6) is -0.997. The third-order valence-corrected chi connectivity index (χ3v) is 7.72. The van der Waals surface area contributed by atoms with Crippen molar-refractivity contribution in [2.75, 3.05) is 0 Å². The molecule has 4 aromatic carbocycles. The van der Waals surface area contributed by atoms with E-state index in [-0.39, 0.29) is 55.7 Å². The predicted octanol–water partition coefficient (Wildman–Crippen LogP) is 9.28. The molecule has 0 unspecified atom stereocenters. The number of hydrogen-bond acceptors (Lipinski definition) is 6. The molecule has 0 aliphatic carbocycles. The fourth-order valence-corrected chi connectivity index (χ4v) is 5.27. The summed E-state index contributed by atoms with van der Waals surface area (Å²) in [5.41, 5.74) is 13.0. The van der Waals surface area contributed by atoms with E-state index in [0.29, 0.717) is 12.8 Å². The van der Waals surface area contributed by atoms with Crippen molar-refractivity contribution >= 4 is 17.7 Å². The van der Waals surface area contributed by atoms with Gasteiger partial charge in [0.05, 0.1) is 24.0 Å². The lowest BCUT2D eigenvalue weighted by molar-refractivity contribution is -0.153. The molecule has 6 nitrogen and oxygen atoms in total. The molecule has 3 atom stereocenters. The molecule has 49 heavy (non-hydrogen) atoms. The van der Waals surface area contributed by atoms with Crippen LogP contribution in [-0.4, -0.2) is 36.0 Å². The maximum absolute atomic E-state index is 12.2. The van der Waals surface area contributed by atoms with Crippen molar-refractivity contribution in [3.63, 3.8) is 0 Å². The molecule has 0 aliphatic rings. The Balaban J connectivity index is 0.000000333. The van der Waals surface area contributed by atoms with Crippen molar-refractivity contribution in [2.24, 2.45) is 17.6 Å². The fraction of sp³-hybridized carbons (Fsp3) is 0.372. The Morgan fingerprint density at radius 1 is 0.551 bits per heavy atom. The first-order valence-corrected chi connectivity index (χ1v) is 16.9. The quantitative estimate of drug-likeness (QED) is 0.135. The van der Waals surface area contributed by atoms with Gasteiger partial charge in [-0.05, 0) is 73.9 Å². The predicted molar refractivity (Wildman–Crippen MR) is 201 cm³/mol. The number of nitrogens with two attached hydrogens (primary N) is 1. The molecular weight excluding hydrogens is 610 g/mol. The molecule has 0 amide bonds. The number of Topliss-reactive ketones (excluding diaryl/α,β-unsaturated/α-hetero) is 1. The molecule has 0 bridgehead atoms. The molecule has 4 aromatic rings. The Morgan fingerprint density at radius 2 is 0.939 bits per heavy atom. The molecule has 0 heterocycles. The molecular formula is C43H55NO5. The first-order chi connectivity index (χ1) is 22.9.